The van der Waals surface area contributed by atoms with E-state index in [2.05, 4.69) is 16.0 Å². The molecule has 3 N–H and O–H groups in total. The van der Waals surface area contributed by atoms with Crippen LogP contribution in [0, 0.1) is 29.6 Å². The van der Waals surface area contributed by atoms with Gasteiger partial charge in [-0.3, -0.25) is 24.0 Å². The third-order valence-electron chi connectivity index (χ3n) is 7.52. The molecule has 10 nitrogen and oxygen atoms in total. The average Bonchev–Trinajstić information content (AvgIpc) is 2.84. The number of hydrogen-bond acceptors (Lipinski definition) is 5. The third kappa shape index (κ3) is 10.9. The molecule has 0 spiro atoms. The lowest BCUT2D eigenvalue weighted by Crippen LogP contribution is -2.59. The molecule has 0 unspecified atom stereocenters. The van der Waals surface area contributed by atoms with Crippen LogP contribution in [-0.2, 0) is 24.0 Å². The molecule has 236 valence electrons. The van der Waals surface area contributed by atoms with Gasteiger partial charge in [0.1, 0.15) is 30.2 Å². The van der Waals surface area contributed by atoms with Crippen LogP contribution < -0.4 is 16.0 Å². The van der Waals surface area contributed by atoms with Crippen LogP contribution in [0.2, 0.25) is 0 Å². The molecule has 0 radical (unpaired) electrons. The Labute approximate surface area is 248 Å². The molecule has 10 heteroatoms. The van der Waals surface area contributed by atoms with E-state index in [1.807, 2.05) is 69.2 Å². The van der Waals surface area contributed by atoms with E-state index in [1.54, 1.807) is 14.1 Å². The van der Waals surface area contributed by atoms with Gasteiger partial charge in [0, 0.05) is 14.1 Å². The summed E-state index contributed by atoms with van der Waals surface area (Å²) >= 11 is 0. The van der Waals surface area contributed by atoms with Crippen LogP contribution in [0.3, 0.4) is 0 Å². The third-order valence-corrected chi connectivity index (χ3v) is 7.52. The molecule has 0 aromatic carbocycles. The normalized spacial score (nSPS) is 26.1. The van der Waals surface area contributed by atoms with Gasteiger partial charge < -0.3 is 25.8 Å². The summed E-state index contributed by atoms with van der Waals surface area (Å²) in [5.41, 5.74) is 0. The molecule has 0 bridgehead atoms. The van der Waals surface area contributed by atoms with Gasteiger partial charge in [-0.1, -0.05) is 69.2 Å². The summed E-state index contributed by atoms with van der Waals surface area (Å²) < 4.78 is 0. The molecule has 1 fully saturated rings. The summed E-state index contributed by atoms with van der Waals surface area (Å²) in [5, 5.41) is 8.72. The van der Waals surface area contributed by atoms with Crippen molar-refractivity contribution in [3.8, 4) is 0 Å². The maximum atomic E-state index is 13.9. The molecular weight excluding hydrogens is 522 g/mol. The minimum absolute atomic E-state index is 0.0829. The number of hydrogen-bond donors (Lipinski definition) is 3. The summed E-state index contributed by atoms with van der Waals surface area (Å²) in [6.07, 6.45) is 1.52. The number of nitrogens with one attached hydrogen (secondary N) is 3. The largest absolute Gasteiger partial charge is 0.343 e. The first-order chi connectivity index (χ1) is 18.9. The molecule has 1 rings (SSSR count). The van der Waals surface area contributed by atoms with E-state index >= 15 is 0 Å². The van der Waals surface area contributed by atoms with Crippen molar-refractivity contribution in [2.24, 2.45) is 29.6 Å². The molecule has 1 aliphatic heterocycles. The first-order valence-corrected chi connectivity index (χ1v) is 15.3. The molecule has 0 aliphatic carbocycles. The Bertz CT molecular complexity index is 917. The van der Waals surface area contributed by atoms with Crippen molar-refractivity contribution in [2.45, 2.75) is 125 Å². The fourth-order valence-corrected chi connectivity index (χ4v) is 5.25. The Balaban J connectivity index is 3.79. The topological polar surface area (TPSA) is 128 Å². The van der Waals surface area contributed by atoms with Gasteiger partial charge in [-0.15, -0.1) is 0 Å². The number of nitrogens with zero attached hydrogens (tertiary/aromatic N) is 2. The van der Waals surface area contributed by atoms with E-state index in [0.29, 0.717) is 25.7 Å². The molecular formula is C31H57N5O5. The zero-order chi connectivity index (χ0) is 31.8. The summed E-state index contributed by atoms with van der Waals surface area (Å²) in [6, 6.07) is -4.32. The highest BCUT2D eigenvalue weighted by Crippen LogP contribution is 2.19. The quantitative estimate of drug-likeness (QED) is 0.387. The van der Waals surface area contributed by atoms with E-state index in [9.17, 15) is 24.0 Å². The maximum Gasteiger partial charge on any atom is 0.245 e. The van der Waals surface area contributed by atoms with Gasteiger partial charge in [0.25, 0.3) is 0 Å². The lowest BCUT2D eigenvalue weighted by Gasteiger charge is -2.35. The summed E-state index contributed by atoms with van der Waals surface area (Å²) in [7, 11) is 3.16. The smallest absolute Gasteiger partial charge is 0.245 e. The van der Waals surface area contributed by atoms with Crippen molar-refractivity contribution < 1.29 is 24.0 Å². The van der Waals surface area contributed by atoms with E-state index in [-0.39, 0.29) is 41.4 Å². The molecule has 1 saturated heterocycles. The minimum Gasteiger partial charge on any atom is -0.343 e. The molecule has 0 aromatic heterocycles. The molecule has 1 aliphatic rings. The van der Waals surface area contributed by atoms with Crippen molar-refractivity contribution in [3.05, 3.63) is 0 Å². The number of amides is 5. The van der Waals surface area contributed by atoms with Crippen molar-refractivity contribution in [2.75, 3.05) is 14.1 Å². The van der Waals surface area contributed by atoms with E-state index in [4.69, 9.17) is 0 Å². The number of carbonyl (C=O) groups excluding carboxylic acids is 5. The van der Waals surface area contributed by atoms with Crippen LogP contribution >= 0.6 is 0 Å². The summed E-state index contributed by atoms with van der Waals surface area (Å²) in [4.78, 5) is 71.7. The van der Waals surface area contributed by atoms with Gasteiger partial charge in [0.2, 0.25) is 29.5 Å². The number of likely N-dealkylation sites (N-methyl/N-ethyl adjacent to an activating group) is 2. The second-order valence-electron chi connectivity index (χ2n) is 13.8. The van der Waals surface area contributed by atoms with Crippen molar-refractivity contribution in [1.82, 2.24) is 25.8 Å². The molecule has 1 heterocycles. The highest BCUT2D eigenvalue weighted by molar-refractivity contribution is 5.97. The van der Waals surface area contributed by atoms with Crippen LogP contribution in [0.15, 0.2) is 0 Å². The lowest BCUT2D eigenvalue weighted by atomic mass is 9.96. The second kappa shape index (κ2) is 16.1. The van der Waals surface area contributed by atoms with Crippen molar-refractivity contribution >= 4 is 29.5 Å². The van der Waals surface area contributed by atoms with Gasteiger partial charge >= 0.3 is 0 Å². The zero-order valence-corrected chi connectivity index (χ0v) is 27.5. The van der Waals surface area contributed by atoms with Crippen LogP contribution in [-0.4, -0.2) is 83.6 Å². The van der Waals surface area contributed by atoms with Gasteiger partial charge in [-0.05, 0) is 55.3 Å². The molecule has 5 atom stereocenters. The molecule has 5 amide bonds. The van der Waals surface area contributed by atoms with Crippen LogP contribution in [0.25, 0.3) is 0 Å². The molecule has 0 saturated carbocycles. The van der Waals surface area contributed by atoms with Gasteiger partial charge in [0.15, 0.2) is 0 Å². The Hall–Kier alpha value is -2.65. The fraction of sp³-hybridized carbons (Fsp3) is 0.839. The summed E-state index contributed by atoms with van der Waals surface area (Å²) in [5.74, 6) is -1.99. The highest BCUT2D eigenvalue weighted by Gasteiger charge is 2.39. The fourth-order valence-electron chi connectivity index (χ4n) is 5.25. The number of carbonyl (C=O) groups is 5. The van der Waals surface area contributed by atoms with Crippen LogP contribution in [0.1, 0.15) is 94.9 Å². The van der Waals surface area contributed by atoms with Gasteiger partial charge in [-0.2, -0.15) is 0 Å². The Morgan fingerprint density at radius 2 is 0.878 bits per heavy atom. The SMILES string of the molecule is CC(C)C[C@@H]1NC(=O)[C@H](CC(C)C)N(C)C(=O)[C@H](CC(C)C)NC(=O)[C@H](CC(C)C)N(C)C(=O)[C@H](C(C)C)NC1=O. The molecule has 0 aromatic rings. The average molecular weight is 580 g/mol. The first kappa shape index (κ1) is 36.4. The minimum atomic E-state index is -0.895. The monoisotopic (exact) mass is 579 g/mol. The Morgan fingerprint density at radius 3 is 1.27 bits per heavy atom. The second-order valence-corrected chi connectivity index (χ2v) is 13.8. The highest BCUT2D eigenvalue weighted by atomic mass is 16.2. The Kier molecular flexibility index (Phi) is 14.3. The van der Waals surface area contributed by atoms with E-state index < -0.39 is 47.9 Å². The van der Waals surface area contributed by atoms with Gasteiger partial charge in [0.05, 0.1) is 0 Å². The zero-order valence-electron chi connectivity index (χ0n) is 27.5. The maximum absolute atomic E-state index is 13.9. The van der Waals surface area contributed by atoms with Crippen LogP contribution in [0.5, 0.6) is 0 Å². The van der Waals surface area contributed by atoms with E-state index in [1.165, 1.54) is 9.80 Å². The van der Waals surface area contributed by atoms with Crippen molar-refractivity contribution in [3.63, 3.8) is 0 Å². The standard InChI is InChI=1S/C31H57N5O5/c1-17(2)13-22-27(37)34-26(21(9)10)31(41)36(12)25(16-20(7)8)29(39)33-23(14-18(3)4)30(40)35(11)24(15-19(5)6)28(38)32-22/h17-26H,13-16H2,1-12H3,(H,32,38)(H,33,39)(H,34,37)/t22-,23-,24-,25-,26-/m0/s1. The van der Waals surface area contributed by atoms with Crippen molar-refractivity contribution in [1.29, 1.82) is 0 Å². The van der Waals surface area contributed by atoms with Crippen LogP contribution in [0.4, 0.5) is 0 Å². The predicted octanol–water partition coefficient (Wildman–Crippen LogP) is 2.95. The predicted molar refractivity (Wildman–Crippen MR) is 162 cm³/mol. The Morgan fingerprint density at radius 1 is 0.512 bits per heavy atom. The van der Waals surface area contributed by atoms with E-state index in [0.717, 1.165) is 0 Å². The summed E-state index contributed by atoms with van der Waals surface area (Å²) in [6.45, 7) is 19.4. The number of rotatable bonds is 9. The first-order valence-electron chi connectivity index (χ1n) is 15.3. The molecule has 41 heavy (non-hydrogen) atoms. The van der Waals surface area contributed by atoms with Gasteiger partial charge in [-0.25, -0.2) is 0 Å². The lowest BCUT2D eigenvalue weighted by molar-refractivity contribution is -0.145.